The minimum absolute atomic E-state index is 0.000255. The van der Waals surface area contributed by atoms with Crippen LogP contribution in [0.1, 0.15) is 75.1 Å². The maximum absolute atomic E-state index is 10.7. The highest BCUT2D eigenvalue weighted by Crippen LogP contribution is 2.45. The summed E-state index contributed by atoms with van der Waals surface area (Å²) in [7, 11) is 0. The fraction of sp³-hybridized carbons (Fsp3) is 0.455. The van der Waals surface area contributed by atoms with Gasteiger partial charge < -0.3 is 10.2 Å². The van der Waals surface area contributed by atoms with Gasteiger partial charge in [-0.05, 0) is 42.0 Å². The van der Waals surface area contributed by atoms with E-state index in [9.17, 15) is 10.2 Å². The molecular weight excluding hydrogens is 296 g/mol. The molecule has 1 unspecified atom stereocenters. The van der Waals surface area contributed by atoms with Crippen molar-refractivity contribution < 1.29 is 10.2 Å². The van der Waals surface area contributed by atoms with Gasteiger partial charge in [0.25, 0.3) is 0 Å². The molecule has 0 aliphatic carbocycles. The molecular formula is C22H30O2. The third-order valence-corrected chi connectivity index (χ3v) is 4.69. The van der Waals surface area contributed by atoms with Crippen molar-refractivity contribution in [2.24, 2.45) is 0 Å². The van der Waals surface area contributed by atoms with Crippen LogP contribution >= 0.6 is 0 Å². The van der Waals surface area contributed by atoms with Gasteiger partial charge in [-0.3, -0.25) is 0 Å². The van der Waals surface area contributed by atoms with Gasteiger partial charge in [0.05, 0.1) is 0 Å². The third-order valence-electron chi connectivity index (χ3n) is 4.69. The summed E-state index contributed by atoms with van der Waals surface area (Å²) in [4.78, 5) is 0. The average molecular weight is 326 g/mol. The van der Waals surface area contributed by atoms with Crippen LogP contribution in [0.4, 0.5) is 0 Å². The number of aryl methyl sites for hydroxylation is 1. The lowest BCUT2D eigenvalue weighted by atomic mass is 9.74. The second-order valence-electron chi connectivity index (χ2n) is 7.69. The molecule has 0 aliphatic heterocycles. The van der Waals surface area contributed by atoms with Gasteiger partial charge in [0, 0.05) is 17.0 Å². The molecule has 0 amide bonds. The Hall–Kier alpha value is -1.96. The zero-order chi connectivity index (χ0) is 17.9. The number of benzene rings is 2. The smallest absolute Gasteiger partial charge is 0.119 e. The fourth-order valence-electron chi connectivity index (χ4n) is 3.71. The van der Waals surface area contributed by atoms with Crippen molar-refractivity contribution in [3.05, 3.63) is 58.7 Å². The monoisotopic (exact) mass is 326 g/mol. The van der Waals surface area contributed by atoms with Gasteiger partial charge in [0.1, 0.15) is 11.5 Å². The molecule has 24 heavy (non-hydrogen) atoms. The Kier molecular flexibility index (Phi) is 5.58. The van der Waals surface area contributed by atoms with Crippen LogP contribution in [0.5, 0.6) is 11.5 Å². The van der Waals surface area contributed by atoms with E-state index in [0.29, 0.717) is 11.5 Å². The standard InChI is InChI=1S/C22H30O2/c1-6-7-10-17(16-11-8-9-12-18(16)23)20-19(24)14-13-15(2)21(20)22(3,4)5/h8-9,11-14,17,23-24H,6-7,10H2,1-5H3. The van der Waals surface area contributed by atoms with E-state index >= 15 is 0 Å². The van der Waals surface area contributed by atoms with E-state index in [4.69, 9.17) is 0 Å². The Morgan fingerprint density at radius 2 is 1.62 bits per heavy atom. The molecule has 2 heteroatoms. The Morgan fingerprint density at radius 1 is 0.958 bits per heavy atom. The zero-order valence-electron chi connectivity index (χ0n) is 15.6. The van der Waals surface area contributed by atoms with Crippen LogP contribution < -0.4 is 0 Å². The number of aromatic hydroxyl groups is 2. The minimum Gasteiger partial charge on any atom is -0.508 e. The van der Waals surface area contributed by atoms with E-state index < -0.39 is 0 Å². The first-order valence-electron chi connectivity index (χ1n) is 8.88. The first-order valence-corrected chi connectivity index (χ1v) is 8.88. The van der Waals surface area contributed by atoms with Crippen LogP contribution in [0.25, 0.3) is 0 Å². The number of phenolic OH excluding ortho intramolecular Hbond substituents is 2. The largest absolute Gasteiger partial charge is 0.508 e. The molecule has 130 valence electrons. The molecule has 2 aromatic carbocycles. The lowest BCUT2D eigenvalue weighted by Crippen LogP contribution is -2.19. The number of phenols is 2. The van der Waals surface area contributed by atoms with Crippen molar-refractivity contribution in [3.63, 3.8) is 0 Å². The molecule has 1 atom stereocenters. The molecule has 0 bridgehead atoms. The summed E-state index contributed by atoms with van der Waals surface area (Å²) in [5.74, 6) is 0.634. The molecule has 2 nitrogen and oxygen atoms in total. The van der Waals surface area contributed by atoms with Gasteiger partial charge in [-0.2, -0.15) is 0 Å². The van der Waals surface area contributed by atoms with E-state index in [-0.39, 0.29) is 11.3 Å². The van der Waals surface area contributed by atoms with Gasteiger partial charge >= 0.3 is 0 Å². The predicted octanol–water partition coefficient (Wildman–Crippen LogP) is 6.03. The van der Waals surface area contributed by atoms with Crippen LogP contribution in [-0.4, -0.2) is 10.2 Å². The van der Waals surface area contributed by atoms with E-state index in [1.165, 1.54) is 11.1 Å². The van der Waals surface area contributed by atoms with E-state index in [1.54, 1.807) is 12.1 Å². The SMILES string of the molecule is CCCCC(c1ccccc1O)c1c(O)ccc(C)c1C(C)(C)C. The van der Waals surface area contributed by atoms with Gasteiger partial charge in [0.2, 0.25) is 0 Å². The zero-order valence-corrected chi connectivity index (χ0v) is 15.6. The van der Waals surface area contributed by atoms with Crippen molar-refractivity contribution >= 4 is 0 Å². The van der Waals surface area contributed by atoms with Crippen molar-refractivity contribution in [2.45, 2.75) is 65.2 Å². The Labute approximate surface area is 146 Å². The molecule has 0 aromatic heterocycles. The number of hydrogen-bond donors (Lipinski definition) is 2. The summed E-state index contributed by atoms with van der Waals surface area (Å²) in [6, 6.07) is 11.3. The van der Waals surface area contributed by atoms with Crippen LogP contribution in [0.3, 0.4) is 0 Å². The molecule has 0 saturated heterocycles. The van der Waals surface area contributed by atoms with Crippen LogP contribution in [0.2, 0.25) is 0 Å². The van der Waals surface area contributed by atoms with Crippen molar-refractivity contribution in [2.75, 3.05) is 0 Å². The summed E-state index contributed by atoms with van der Waals surface area (Å²) in [6.07, 6.45) is 3.05. The first-order chi connectivity index (χ1) is 11.3. The molecule has 2 N–H and O–H groups in total. The van der Waals surface area contributed by atoms with Crippen molar-refractivity contribution in [1.82, 2.24) is 0 Å². The Morgan fingerprint density at radius 3 is 2.21 bits per heavy atom. The summed E-state index contributed by atoms with van der Waals surface area (Å²) in [5, 5.41) is 21.1. The number of unbranched alkanes of at least 4 members (excludes halogenated alkanes) is 1. The molecule has 0 fully saturated rings. The van der Waals surface area contributed by atoms with Gasteiger partial charge in [0.15, 0.2) is 0 Å². The minimum atomic E-state index is -0.0764. The normalized spacial score (nSPS) is 13.0. The lowest BCUT2D eigenvalue weighted by Gasteiger charge is -2.31. The maximum Gasteiger partial charge on any atom is 0.119 e. The Balaban J connectivity index is 2.71. The number of hydrogen-bond acceptors (Lipinski definition) is 2. The average Bonchev–Trinajstić information content (AvgIpc) is 2.51. The van der Waals surface area contributed by atoms with E-state index in [0.717, 1.165) is 30.4 Å². The fourth-order valence-corrected chi connectivity index (χ4v) is 3.71. The highest BCUT2D eigenvalue weighted by atomic mass is 16.3. The first kappa shape index (κ1) is 18.4. The van der Waals surface area contributed by atoms with Crippen LogP contribution in [-0.2, 0) is 5.41 Å². The van der Waals surface area contributed by atoms with E-state index in [1.807, 2.05) is 24.3 Å². The third kappa shape index (κ3) is 3.75. The van der Waals surface area contributed by atoms with Gasteiger partial charge in [-0.1, -0.05) is 64.8 Å². The molecule has 0 heterocycles. The lowest BCUT2D eigenvalue weighted by molar-refractivity contribution is 0.442. The Bertz CT molecular complexity index is 696. The highest BCUT2D eigenvalue weighted by molar-refractivity contribution is 5.54. The van der Waals surface area contributed by atoms with Crippen molar-refractivity contribution in [3.8, 4) is 11.5 Å². The molecule has 2 aromatic rings. The predicted molar refractivity (Wildman–Crippen MR) is 101 cm³/mol. The van der Waals surface area contributed by atoms with Gasteiger partial charge in [-0.15, -0.1) is 0 Å². The number of para-hydroxylation sites is 1. The van der Waals surface area contributed by atoms with Crippen LogP contribution in [0.15, 0.2) is 36.4 Å². The topological polar surface area (TPSA) is 40.5 Å². The second kappa shape index (κ2) is 7.29. The summed E-state index contributed by atoms with van der Waals surface area (Å²) < 4.78 is 0. The molecule has 0 spiro atoms. The molecule has 0 aliphatic rings. The molecule has 2 rings (SSSR count). The summed E-state index contributed by atoms with van der Waals surface area (Å²) in [5.41, 5.74) is 4.17. The van der Waals surface area contributed by atoms with E-state index in [2.05, 4.69) is 34.6 Å². The molecule has 0 radical (unpaired) electrons. The summed E-state index contributed by atoms with van der Waals surface area (Å²) >= 11 is 0. The second-order valence-corrected chi connectivity index (χ2v) is 7.69. The van der Waals surface area contributed by atoms with Crippen LogP contribution in [0, 0.1) is 6.92 Å². The van der Waals surface area contributed by atoms with Gasteiger partial charge in [-0.25, -0.2) is 0 Å². The maximum atomic E-state index is 10.7. The summed E-state index contributed by atoms with van der Waals surface area (Å²) in [6.45, 7) is 10.8. The molecule has 0 saturated carbocycles. The number of rotatable bonds is 5. The highest BCUT2D eigenvalue weighted by Gasteiger charge is 2.29. The quantitative estimate of drug-likeness (QED) is 0.704. The van der Waals surface area contributed by atoms with Crippen molar-refractivity contribution in [1.29, 1.82) is 0 Å².